The standard InChI is InChI=1S/C16H27N3O8/c1-6(2)11(17)15(24)19-8-4-10(16(25)26)27-14(12(8)18-7(3)21)13(23)9(22)5-20/h4,6,8-9,11-14,20,22-23H,5,17H2,1-3H3,(H,18,21)(H,19,24)(H,25,26)/t8-,9+,11-,12+,13+,14+/m0/s1. The summed E-state index contributed by atoms with van der Waals surface area (Å²) in [6.45, 7) is 3.81. The van der Waals surface area contributed by atoms with Gasteiger partial charge in [0.2, 0.25) is 17.6 Å². The molecule has 0 saturated carbocycles. The van der Waals surface area contributed by atoms with Crippen molar-refractivity contribution in [1.82, 2.24) is 10.6 Å². The van der Waals surface area contributed by atoms with E-state index in [-0.39, 0.29) is 5.92 Å². The lowest BCUT2D eigenvalue weighted by Gasteiger charge is -2.40. The van der Waals surface area contributed by atoms with E-state index in [4.69, 9.17) is 15.6 Å². The molecule has 0 spiro atoms. The lowest BCUT2D eigenvalue weighted by atomic mass is 9.91. The molecule has 0 fully saturated rings. The van der Waals surface area contributed by atoms with E-state index < -0.39 is 66.6 Å². The SMILES string of the molecule is CC(=O)N[C@H]1[C@H]([C@H](O)[C@H](O)CO)OC(C(=O)O)=C[C@@H]1NC(=O)[C@@H](N)C(C)C. The molecule has 27 heavy (non-hydrogen) atoms. The second-order valence-electron chi connectivity index (χ2n) is 6.69. The van der Waals surface area contributed by atoms with E-state index >= 15 is 0 Å². The summed E-state index contributed by atoms with van der Waals surface area (Å²) in [4.78, 5) is 35.2. The fourth-order valence-corrected chi connectivity index (χ4v) is 2.56. The van der Waals surface area contributed by atoms with Gasteiger partial charge in [0.25, 0.3) is 0 Å². The molecule has 0 aromatic heterocycles. The minimum Gasteiger partial charge on any atom is -0.478 e. The van der Waals surface area contributed by atoms with Gasteiger partial charge >= 0.3 is 5.97 Å². The van der Waals surface area contributed by atoms with Crippen LogP contribution in [0.5, 0.6) is 0 Å². The van der Waals surface area contributed by atoms with Crippen LogP contribution in [0.2, 0.25) is 0 Å². The number of amides is 2. The summed E-state index contributed by atoms with van der Waals surface area (Å²) >= 11 is 0. The molecule has 1 aliphatic heterocycles. The van der Waals surface area contributed by atoms with E-state index in [1.807, 2.05) is 0 Å². The third-order valence-corrected chi connectivity index (χ3v) is 4.16. The molecule has 8 N–H and O–H groups in total. The predicted molar refractivity (Wildman–Crippen MR) is 92.0 cm³/mol. The van der Waals surface area contributed by atoms with E-state index in [9.17, 15) is 29.7 Å². The number of nitrogens with one attached hydrogen (secondary N) is 2. The van der Waals surface area contributed by atoms with E-state index in [0.29, 0.717) is 0 Å². The topological polar surface area (TPSA) is 191 Å². The molecule has 154 valence electrons. The smallest absolute Gasteiger partial charge is 0.370 e. The van der Waals surface area contributed by atoms with Gasteiger partial charge in [-0.05, 0) is 12.0 Å². The zero-order chi connectivity index (χ0) is 20.9. The van der Waals surface area contributed by atoms with Crippen molar-refractivity contribution in [1.29, 1.82) is 0 Å². The van der Waals surface area contributed by atoms with E-state index in [2.05, 4.69) is 10.6 Å². The van der Waals surface area contributed by atoms with Crippen LogP contribution in [-0.4, -0.2) is 81.3 Å². The molecular weight excluding hydrogens is 362 g/mol. The maximum Gasteiger partial charge on any atom is 0.370 e. The summed E-state index contributed by atoms with van der Waals surface area (Å²) in [5.74, 6) is -3.40. The maximum atomic E-state index is 12.3. The number of hydrogen-bond donors (Lipinski definition) is 7. The Bertz CT molecular complexity index is 594. The van der Waals surface area contributed by atoms with Crippen molar-refractivity contribution in [2.75, 3.05) is 6.61 Å². The Hall–Kier alpha value is -2.21. The van der Waals surface area contributed by atoms with E-state index in [0.717, 1.165) is 6.08 Å². The minimum absolute atomic E-state index is 0.204. The first kappa shape index (κ1) is 22.8. The van der Waals surface area contributed by atoms with Crippen LogP contribution in [0.15, 0.2) is 11.8 Å². The minimum atomic E-state index is -1.74. The van der Waals surface area contributed by atoms with Gasteiger partial charge in [0.1, 0.15) is 18.3 Å². The highest BCUT2D eigenvalue weighted by atomic mass is 16.5. The lowest BCUT2D eigenvalue weighted by Crippen LogP contribution is -2.64. The molecule has 11 nitrogen and oxygen atoms in total. The Balaban J connectivity index is 3.26. The van der Waals surface area contributed by atoms with Crippen molar-refractivity contribution >= 4 is 17.8 Å². The lowest BCUT2D eigenvalue weighted by molar-refractivity contribution is -0.147. The average Bonchev–Trinajstić information content (AvgIpc) is 2.59. The van der Waals surface area contributed by atoms with Gasteiger partial charge in [-0.2, -0.15) is 0 Å². The van der Waals surface area contributed by atoms with Gasteiger partial charge in [-0.1, -0.05) is 13.8 Å². The third-order valence-electron chi connectivity index (χ3n) is 4.16. The van der Waals surface area contributed by atoms with Gasteiger partial charge in [0.05, 0.1) is 24.7 Å². The largest absolute Gasteiger partial charge is 0.478 e. The van der Waals surface area contributed by atoms with Crippen LogP contribution >= 0.6 is 0 Å². The van der Waals surface area contributed by atoms with Gasteiger partial charge in [0, 0.05) is 6.92 Å². The molecule has 0 saturated heterocycles. The van der Waals surface area contributed by atoms with Gasteiger partial charge in [0.15, 0.2) is 0 Å². The molecule has 0 bridgehead atoms. The van der Waals surface area contributed by atoms with Crippen molar-refractivity contribution in [3.8, 4) is 0 Å². The normalized spacial score (nSPS) is 25.6. The first-order valence-corrected chi connectivity index (χ1v) is 8.41. The van der Waals surface area contributed by atoms with Gasteiger partial charge in [-0.15, -0.1) is 0 Å². The van der Waals surface area contributed by atoms with Crippen molar-refractivity contribution in [3.05, 3.63) is 11.8 Å². The predicted octanol–water partition coefficient (Wildman–Crippen LogP) is -2.96. The number of carboxylic acid groups (broad SMARTS) is 1. The van der Waals surface area contributed by atoms with Crippen LogP contribution in [0, 0.1) is 5.92 Å². The van der Waals surface area contributed by atoms with E-state index in [1.54, 1.807) is 13.8 Å². The van der Waals surface area contributed by atoms with E-state index in [1.165, 1.54) is 6.92 Å². The quantitative estimate of drug-likeness (QED) is 0.227. The Morgan fingerprint density at radius 2 is 1.85 bits per heavy atom. The third kappa shape index (κ3) is 5.89. The van der Waals surface area contributed by atoms with Crippen LogP contribution in [0.3, 0.4) is 0 Å². The van der Waals surface area contributed by atoms with Crippen molar-refractivity contribution in [2.24, 2.45) is 11.7 Å². The summed E-state index contributed by atoms with van der Waals surface area (Å²) in [5, 5.41) is 43.2. The molecular formula is C16H27N3O8. The molecule has 0 aromatic rings. The first-order chi connectivity index (χ1) is 12.5. The number of nitrogens with two attached hydrogens (primary N) is 1. The van der Waals surface area contributed by atoms with Gasteiger partial charge < -0.3 is 41.5 Å². The van der Waals surface area contributed by atoms with Gasteiger partial charge in [-0.3, -0.25) is 9.59 Å². The molecule has 1 rings (SSSR count). The maximum absolute atomic E-state index is 12.3. The summed E-state index contributed by atoms with van der Waals surface area (Å²) in [6.07, 6.45) is -3.78. The second kappa shape index (κ2) is 9.65. The highest BCUT2D eigenvalue weighted by molar-refractivity contribution is 5.86. The molecule has 6 atom stereocenters. The monoisotopic (exact) mass is 389 g/mol. The molecule has 1 aliphatic rings. The Morgan fingerprint density at radius 1 is 1.26 bits per heavy atom. The Morgan fingerprint density at radius 3 is 2.30 bits per heavy atom. The summed E-state index contributed by atoms with van der Waals surface area (Å²) in [6, 6.07) is -3.10. The molecule has 0 aliphatic carbocycles. The zero-order valence-corrected chi connectivity index (χ0v) is 15.3. The number of carbonyl (C=O) groups excluding carboxylic acids is 2. The number of rotatable bonds is 8. The van der Waals surface area contributed by atoms with Crippen LogP contribution in [0.25, 0.3) is 0 Å². The number of aliphatic hydroxyl groups is 3. The molecule has 2 amide bonds. The fourth-order valence-electron chi connectivity index (χ4n) is 2.56. The summed E-state index contributed by atoms with van der Waals surface area (Å²) in [5.41, 5.74) is 5.79. The van der Waals surface area contributed by atoms with Gasteiger partial charge in [-0.25, -0.2) is 4.79 Å². The highest BCUT2D eigenvalue weighted by Gasteiger charge is 2.44. The fraction of sp³-hybridized carbons (Fsp3) is 0.688. The highest BCUT2D eigenvalue weighted by Crippen LogP contribution is 2.23. The number of carboxylic acids is 1. The van der Waals surface area contributed by atoms with Crippen molar-refractivity contribution < 1.29 is 39.5 Å². The van der Waals surface area contributed by atoms with Crippen LogP contribution in [0.1, 0.15) is 20.8 Å². The summed E-state index contributed by atoms with van der Waals surface area (Å²) < 4.78 is 5.21. The zero-order valence-electron chi connectivity index (χ0n) is 15.3. The average molecular weight is 389 g/mol. The first-order valence-electron chi connectivity index (χ1n) is 8.41. The van der Waals surface area contributed by atoms with Crippen LogP contribution in [0.4, 0.5) is 0 Å². The number of carbonyl (C=O) groups is 3. The summed E-state index contributed by atoms with van der Waals surface area (Å²) in [7, 11) is 0. The Labute approximate surface area is 156 Å². The molecule has 0 unspecified atom stereocenters. The number of ether oxygens (including phenoxy) is 1. The van der Waals surface area contributed by atoms with Crippen LogP contribution < -0.4 is 16.4 Å². The number of aliphatic hydroxyl groups excluding tert-OH is 3. The number of aliphatic carboxylic acids is 1. The van der Waals surface area contributed by atoms with Crippen molar-refractivity contribution in [2.45, 2.75) is 57.2 Å². The van der Waals surface area contributed by atoms with Crippen molar-refractivity contribution in [3.63, 3.8) is 0 Å². The molecule has 0 radical (unpaired) electrons. The molecule has 1 heterocycles. The number of hydrogen-bond acceptors (Lipinski definition) is 8. The second-order valence-corrected chi connectivity index (χ2v) is 6.69. The Kier molecular flexibility index (Phi) is 8.16. The molecule has 11 heteroatoms. The molecule has 0 aromatic carbocycles. The van der Waals surface area contributed by atoms with Crippen LogP contribution in [-0.2, 0) is 19.1 Å².